The zero-order valence-corrected chi connectivity index (χ0v) is 11.8. The van der Waals surface area contributed by atoms with Crippen molar-refractivity contribution >= 4 is 5.82 Å². The average molecular weight is 282 g/mol. The summed E-state index contributed by atoms with van der Waals surface area (Å²) in [5.41, 5.74) is -0.282. The quantitative estimate of drug-likeness (QED) is 0.625. The first-order valence-electron chi connectivity index (χ1n) is 6.99. The van der Waals surface area contributed by atoms with Crippen molar-refractivity contribution in [2.75, 3.05) is 38.7 Å². The van der Waals surface area contributed by atoms with E-state index in [0.29, 0.717) is 25.1 Å². The van der Waals surface area contributed by atoms with Crippen molar-refractivity contribution in [1.82, 2.24) is 15.3 Å². The fourth-order valence-corrected chi connectivity index (χ4v) is 2.19. The predicted molar refractivity (Wildman–Crippen MR) is 76.4 cm³/mol. The van der Waals surface area contributed by atoms with Crippen LogP contribution in [0.15, 0.2) is 11.1 Å². The van der Waals surface area contributed by atoms with Crippen molar-refractivity contribution in [2.24, 2.45) is 0 Å². The van der Waals surface area contributed by atoms with Crippen LogP contribution >= 0.6 is 0 Å². The van der Waals surface area contributed by atoms with Gasteiger partial charge in [0.15, 0.2) is 5.82 Å². The van der Waals surface area contributed by atoms with Gasteiger partial charge < -0.3 is 25.1 Å². The molecule has 1 aromatic rings. The van der Waals surface area contributed by atoms with E-state index >= 15 is 0 Å². The molecular weight excluding hydrogens is 260 g/mol. The van der Waals surface area contributed by atoms with Crippen LogP contribution in [0.3, 0.4) is 0 Å². The topological polar surface area (TPSA) is 88.3 Å². The Morgan fingerprint density at radius 3 is 3.00 bits per heavy atom. The lowest BCUT2D eigenvalue weighted by atomic mass is 10.1. The highest BCUT2D eigenvalue weighted by Crippen LogP contribution is 2.14. The van der Waals surface area contributed by atoms with Gasteiger partial charge in [-0.1, -0.05) is 0 Å². The van der Waals surface area contributed by atoms with Gasteiger partial charge in [-0.2, -0.15) is 0 Å². The number of ether oxygens (including phenoxy) is 2. The first kappa shape index (κ1) is 14.8. The number of hydrogen-bond acceptors (Lipinski definition) is 6. The Morgan fingerprint density at radius 2 is 2.25 bits per heavy atom. The number of nitrogens with one attached hydrogen (secondary N) is 3. The van der Waals surface area contributed by atoms with Gasteiger partial charge in [-0.25, -0.2) is 4.98 Å². The van der Waals surface area contributed by atoms with Crippen LogP contribution in [-0.4, -0.2) is 49.4 Å². The normalized spacial score (nSPS) is 16.1. The molecule has 20 heavy (non-hydrogen) atoms. The van der Waals surface area contributed by atoms with Crippen molar-refractivity contribution < 1.29 is 9.47 Å². The molecule has 1 saturated heterocycles. The highest BCUT2D eigenvalue weighted by molar-refractivity contribution is 5.47. The third-order valence-electron chi connectivity index (χ3n) is 3.27. The summed E-state index contributed by atoms with van der Waals surface area (Å²) in [5.74, 6) is 0.685. The van der Waals surface area contributed by atoms with E-state index in [2.05, 4.69) is 20.6 Å². The number of aromatic amines is 1. The maximum Gasteiger partial charge on any atom is 0.295 e. The van der Waals surface area contributed by atoms with Gasteiger partial charge in [-0.3, -0.25) is 4.79 Å². The summed E-state index contributed by atoms with van der Waals surface area (Å²) >= 11 is 0. The van der Waals surface area contributed by atoms with E-state index in [1.165, 1.54) is 13.4 Å². The molecule has 1 fully saturated rings. The third kappa shape index (κ3) is 4.21. The van der Waals surface area contributed by atoms with E-state index in [-0.39, 0.29) is 11.3 Å². The summed E-state index contributed by atoms with van der Waals surface area (Å²) in [4.78, 5) is 18.0. The second-order valence-electron chi connectivity index (χ2n) is 4.71. The van der Waals surface area contributed by atoms with Gasteiger partial charge in [-0.15, -0.1) is 0 Å². The fourth-order valence-electron chi connectivity index (χ4n) is 2.19. The van der Waals surface area contributed by atoms with Crippen molar-refractivity contribution in [2.45, 2.75) is 25.4 Å². The van der Waals surface area contributed by atoms with Crippen molar-refractivity contribution in [3.8, 4) is 5.75 Å². The Labute approximate surface area is 118 Å². The minimum atomic E-state index is -0.282. The molecule has 3 N–H and O–H groups in total. The molecule has 112 valence electrons. The lowest BCUT2D eigenvalue weighted by Gasteiger charge is -2.22. The Balaban J connectivity index is 1.68. The van der Waals surface area contributed by atoms with Crippen LogP contribution in [0, 0.1) is 0 Å². The average Bonchev–Trinajstić information content (AvgIpc) is 2.48. The van der Waals surface area contributed by atoms with E-state index in [9.17, 15) is 4.79 Å². The number of nitrogens with zero attached hydrogens (tertiary/aromatic N) is 1. The molecule has 0 spiro atoms. The monoisotopic (exact) mass is 282 g/mol. The van der Waals surface area contributed by atoms with E-state index in [4.69, 9.17) is 9.47 Å². The van der Waals surface area contributed by atoms with Crippen LogP contribution in [0.2, 0.25) is 0 Å². The second kappa shape index (κ2) is 7.86. The molecule has 2 rings (SSSR count). The summed E-state index contributed by atoms with van der Waals surface area (Å²) in [5, 5.41) is 6.40. The van der Waals surface area contributed by atoms with Gasteiger partial charge in [0.1, 0.15) is 0 Å². The summed E-state index contributed by atoms with van der Waals surface area (Å²) in [6.45, 7) is 3.48. The number of piperidine rings is 1. The van der Waals surface area contributed by atoms with Crippen molar-refractivity contribution in [3.05, 3.63) is 16.7 Å². The van der Waals surface area contributed by atoms with E-state index < -0.39 is 0 Å². The van der Waals surface area contributed by atoms with Crippen LogP contribution in [0.1, 0.15) is 19.3 Å². The number of aromatic nitrogens is 2. The van der Waals surface area contributed by atoms with Gasteiger partial charge in [0.05, 0.1) is 19.5 Å². The van der Waals surface area contributed by atoms with Gasteiger partial charge in [0.25, 0.3) is 5.56 Å². The first-order chi connectivity index (χ1) is 9.81. The van der Waals surface area contributed by atoms with E-state index in [0.717, 1.165) is 32.4 Å². The molecule has 0 saturated carbocycles. The molecule has 0 radical (unpaired) electrons. The highest BCUT2D eigenvalue weighted by Gasteiger charge is 2.12. The molecule has 1 aliphatic rings. The maximum atomic E-state index is 11.5. The second-order valence-corrected chi connectivity index (χ2v) is 4.71. The molecule has 0 amide bonds. The number of methoxy groups -OCH3 is 1. The smallest absolute Gasteiger partial charge is 0.295 e. The Kier molecular flexibility index (Phi) is 5.82. The van der Waals surface area contributed by atoms with Crippen LogP contribution in [0.5, 0.6) is 5.75 Å². The van der Waals surface area contributed by atoms with Crippen LogP contribution in [0.25, 0.3) is 0 Å². The zero-order chi connectivity index (χ0) is 14.2. The minimum absolute atomic E-state index is 0.215. The van der Waals surface area contributed by atoms with Crippen LogP contribution in [-0.2, 0) is 4.74 Å². The first-order valence-corrected chi connectivity index (χ1v) is 6.99. The van der Waals surface area contributed by atoms with Crippen LogP contribution < -0.4 is 20.9 Å². The number of hydrogen-bond donors (Lipinski definition) is 3. The fraction of sp³-hybridized carbons (Fsp3) is 0.692. The molecular formula is C13H22N4O3. The largest absolute Gasteiger partial charge is 0.489 e. The molecule has 7 nitrogen and oxygen atoms in total. The summed E-state index contributed by atoms with van der Waals surface area (Å²) in [6.07, 6.45) is 4.76. The Bertz CT molecular complexity index is 457. The molecule has 0 unspecified atom stereocenters. The molecule has 1 aromatic heterocycles. The van der Waals surface area contributed by atoms with Crippen molar-refractivity contribution in [3.63, 3.8) is 0 Å². The Morgan fingerprint density at radius 1 is 1.45 bits per heavy atom. The predicted octanol–water partition coefficient (Wildman–Crippen LogP) is 0.349. The molecule has 0 aliphatic carbocycles. The van der Waals surface area contributed by atoms with Crippen molar-refractivity contribution in [1.29, 1.82) is 0 Å². The zero-order valence-electron chi connectivity index (χ0n) is 11.8. The van der Waals surface area contributed by atoms with Gasteiger partial charge in [0.2, 0.25) is 5.75 Å². The molecule has 2 heterocycles. The lowest BCUT2D eigenvalue weighted by Crippen LogP contribution is -2.32. The minimum Gasteiger partial charge on any atom is -0.489 e. The standard InChI is InChI=1S/C13H22N4O3/c1-19-11-12(16-9-17-13(11)18)15-5-2-8-20-10-3-6-14-7-4-10/h9-10,14H,2-8H2,1H3,(H2,15,16,17,18). The molecule has 0 atom stereocenters. The molecule has 7 heteroatoms. The number of rotatable bonds is 7. The molecule has 0 aromatic carbocycles. The number of H-pyrrole nitrogens is 1. The SMILES string of the molecule is COc1c(NCCCOC2CCNCC2)nc[nH]c1=O. The maximum absolute atomic E-state index is 11.5. The third-order valence-corrected chi connectivity index (χ3v) is 3.27. The van der Waals surface area contributed by atoms with Gasteiger partial charge in [-0.05, 0) is 32.4 Å². The summed E-state index contributed by atoms with van der Waals surface area (Å²) in [7, 11) is 1.46. The van der Waals surface area contributed by atoms with Gasteiger partial charge in [0, 0.05) is 13.2 Å². The van der Waals surface area contributed by atoms with Crippen LogP contribution in [0.4, 0.5) is 5.82 Å². The summed E-state index contributed by atoms with van der Waals surface area (Å²) < 4.78 is 10.8. The lowest BCUT2D eigenvalue weighted by molar-refractivity contribution is 0.0329. The molecule has 0 bridgehead atoms. The molecule has 1 aliphatic heterocycles. The number of anilines is 1. The van der Waals surface area contributed by atoms with E-state index in [1.807, 2.05) is 0 Å². The summed E-state index contributed by atoms with van der Waals surface area (Å²) in [6, 6.07) is 0. The van der Waals surface area contributed by atoms with Gasteiger partial charge >= 0.3 is 0 Å². The van der Waals surface area contributed by atoms with E-state index in [1.54, 1.807) is 0 Å². The Hall–Kier alpha value is -1.60. The highest BCUT2D eigenvalue weighted by atomic mass is 16.5.